The molecular formula is C16H23N3O. The van der Waals surface area contributed by atoms with Crippen molar-refractivity contribution < 1.29 is 4.74 Å². The van der Waals surface area contributed by atoms with Gasteiger partial charge in [-0.15, -0.1) is 0 Å². The van der Waals surface area contributed by atoms with E-state index in [4.69, 9.17) is 4.74 Å². The Kier molecular flexibility index (Phi) is 5.18. The number of hydrogen-bond acceptors (Lipinski definition) is 3. The maximum atomic E-state index is 5.76. The highest BCUT2D eigenvalue weighted by Crippen LogP contribution is 2.29. The second kappa shape index (κ2) is 7.10. The first-order chi connectivity index (χ1) is 9.81. The summed E-state index contributed by atoms with van der Waals surface area (Å²) in [6.45, 7) is 8.69. The summed E-state index contributed by atoms with van der Waals surface area (Å²) in [6, 6.07) is 8.22. The van der Waals surface area contributed by atoms with Crippen LogP contribution in [0.25, 0.3) is 0 Å². The second-order valence-electron chi connectivity index (χ2n) is 4.53. The van der Waals surface area contributed by atoms with Gasteiger partial charge in [0.15, 0.2) is 0 Å². The number of nitrogens with zero attached hydrogens (tertiary/aromatic N) is 2. The number of aromatic nitrogens is 2. The predicted octanol–water partition coefficient (Wildman–Crippen LogP) is 3.00. The summed E-state index contributed by atoms with van der Waals surface area (Å²) in [6.07, 6.45) is 3.87. The van der Waals surface area contributed by atoms with Gasteiger partial charge in [0.2, 0.25) is 0 Å². The van der Waals surface area contributed by atoms with Crippen LogP contribution < -0.4 is 10.1 Å². The number of benzene rings is 1. The number of hydrogen-bond donors (Lipinski definition) is 1. The average molecular weight is 273 g/mol. The molecule has 4 heteroatoms. The molecule has 1 atom stereocenters. The lowest BCUT2D eigenvalue weighted by Gasteiger charge is -2.21. The van der Waals surface area contributed by atoms with Crippen molar-refractivity contribution in [3.05, 3.63) is 48.0 Å². The summed E-state index contributed by atoms with van der Waals surface area (Å²) in [5.41, 5.74) is 1.14. The molecule has 20 heavy (non-hydrogen) atoms. The average Bonchev–Trinajstić information content (AvgIpc) is 2.94. The molecule has 0 aliphatic heterocycles. The number of para-hydroxylation sites is 1. The highest BCUT2D eigenvalue weighted by Gasteiger charge is 2.21. The molecule has 108 valence electrons. The van der Waals surface area contributed by atoms with E-state index in [1.165, 1.54) is 0 Å². The van der Waals surface area contributed by atoms with E-state index in [0.717, 1.165) is 30.2 Å². The number of nitrogens with one attached hydrogen (secondary N) is 1. The molecule has 0 fully saturated rings. The van der Waals surface area contributed by atoms with Crippen LogP contribution >= 0.6 is 0 Å². The van der Waals surface area contributed by atoms with Crippen molar-refractivity contribution >= 4 is 0 Å². The zero-order valence-corrected chi connectivity index (χ0v) is 12.5. The van der Waals surface area contributed by atoms with Crippen LogP contribution in [0.4, 0.5) is 0 Å². The van der Waals surface area contributed by atoms with Crippen molar-refractivity contribution in [3.8, 4) is 5.75 Å². The topological polar surface area (TPSA) is 39.1 Å². The molecule has 0 saturated heterocycles. The van der Waals surface area contributed by atoms with Crippen LogP contribution in [0.1, 0.15) is 38.2 Å². The van der Waals surface area contributed by atoms with E-state index in [1.54, 1.807) is 0 Å². The molecule has 0 saturated carbocycles. The minimum absolute atomic E-state index is 0.0534. The van der Waals surface area contributed by atoms with E-state index >= 15 is 0 Å². The van der Waals surface area contributed by atoms with E-state index in [0.29, 0.717) is 6.61 Å². The molecule has 2 rings (SSSR count). The fraction of sp³-hybridized carbons (Fsp3) is 0.438. The first-order valence-corrected chi connectivity index (χ1v) is 7.27. The Bertz CT molecular complexity index is 536. The second-order valence-corrected chi connectivity index (χ2v) is 4.53. The molecule has 1 aromatic heterocycles. The fourth-order valence-corrected chi connectivity index (χ4v) is 2.40. The summed E-state index contributed by atoms with van der Waals surface area (Å²) in [7, 11) is 0. The monoisotopic (exact) mass is 273 g/mol. The number of imidazole rings is 1. The Morgan fingerprint density at radius 1 is 1.25 bits per heavy atom. The molecule has 2 aromatic rings. The summed E-state index contributed by atoms with van der Waals surface area (Å²) < 4.78 is 7.92. The van der Waals surface area contributed by atoms with Gasteiger partial charge in [-0.3, -0.25) is 0 Å². The maximum Gasteiger partial charge on any atom is 0.130 e. The lowest BCUT2D eigenvalue weighted by Crippen LogP contribution is -2.25. The van der Waals surface area contributed by atoms with Gasteiger partial charge < -0.3 is 14.6 Å². The summed E-state index contributed by atoms with van der Waals surface area (Å²) in [5.74, 6) is 1.95. The largest absolute Gasteiger partial charge is 0.494 e. The quantitative estimate of drug-likeness (QED) is 0.843. The molecule has 1 aromatic carbocycles. The van der Waals surface area contributed by atoms with Gasteiger partial charge in [0.25, 0.3) is 0 Å². The summed E-state index contributed by atoms with van der Waals surface area (Å²) in [4.78, 5) is 4.53. The molecular weight excluding hydrogens is 250 g/mol. The third-order valence-corrected chi connectivity index (χ3v) is 3.28. The maximum absolute atomic E-state index is 5.76. The number of ether oxygens (including phenoxy) is 1. The first kappa shape index (κ1) is 14.6. The van der Waals surface area contributed by atoms with Crippen LogP contribution in [-0.4, -0.2) is 22.7 Å². The van der Waals surface area contributed by atoms with Crippen LogP contribution in [0.5, 0.6) is 5.75 Å². The van der Waals surface area contributed by atoms with Gasteiger partial charge in [0, 0.05) is 24.5 Å². The van der Waals surface area contributed by atoms with Crippen molar-refractivity contribution in [1.29, 1.82) is 0 Å². The van der Waals surface area contributed by atoms with Gasteiger partial charge in [-0.25, -0.2) is 4.98 Å². The third kappa shape index (κ3) is 3.02. The van der Waals surface area contributed by atoms with Gasteiger partial charge >= 0.3 is 0 Å². The molecule has 1 N–H and O–H groups in total. The molecule has 0 bridgehead atoms. The summed E-state index contributed by atoms with van der Waals surface area (Å²) >= 11 is 0. The van der Waals surface area contributed by atoms with E-state index in [2.05, 4.69) is 34.8 Å². The van der Waals surface area contributed by atoms with Crippen molar-refractivity contribution in [2.45, 2.75) is 33.4 Å². The molecule has 1 unspecified atom stereocenters. The SMILES string of the molecule is CCNC(c1ccccc1OCC)c1nccn1CC. The Morgan fingerprint density at radius 2 is 2.05 bits per heavy atom. The lowest BCUT2D eigenvalue weighted by atomic mass is 10.0. The van der Waals surface area contributed by atoms with Crippen molar-refractivity contribution in [3.63, 3.8) is 0 Å². The van der Waals surface area contributed by atoms with E-state index in [9.17, 15) is 0 Å². The molecule has 0 spiro atoms. The van der Waals surface area contributed by atoms with Gasteiger partial charge in [-0.2, -0.15) is 0 Å². The standard InChI is InChI=1S/C16H23N3O/c1-4-17-15(16-18-11-12-19(16)5-2)13-9-7-8-10-14(13)20-6-3/h7-12,15,17H,4-6H2,1-3H3. The zero-order chi connectivity index (χ0) is 14.4. The van der Waals surface area contributed by atoms with E-state index < -0.39 is 0 Å². The lowest BCUT2D eigenvalue weighted by molar-refractivity contribution is 0.332. The normalized spacial score (nSPS) is 12.3. The molecule has 0 aliphatic carbocycles. The van der Waals surface area contributed by atoms with Gasteiger partial charge in [0.05, 0.1) is 12.6 Å². The molecule has 0 aliphatic rings. The highest BCUT2D eigenvalue weighted by atomic mass is 16.5. The van der Waals surface area contributed by atoms with Gasteiger partial charge in [-0.05, 0) is 26.5 Å². The smallest absolute Gasteiger partial charge is 0.130 e. The predicted molar refractivity (Wildman–Crippen MR) is 81.0 cm³/mol. The third-order valence-electron chi connectivity index (χ3n) is 3.28. The van der Waals surface area contributed by atoms with Gasteiger partial charge in [-0.1, -0.05) is 25.1 Å². The number of rotatable bonds is 7. The van der Waals surface area contributed by atoms with Crippen LogP contribution in [0.2, 0.25) is 0 Å². The minimum Gasteiger partial charge on any atom is -0.494 e. The van der Waals surface area contributed by atoms with Crippen LogP contribution in [-0.2, 0) is 6.54 Å². The van der Waals surface area contributed by atoms with Gasteiger partial charge in [0.1, 0.15) is 11.6 Å². The van der Waals surface area contributed by atoms with Crippen LogP contribution in [0.15, 0.2) is 36.7 Å². The molecule has 0 radical (unpaired) electrons. The highest BCUT2D eigenvalue weighted by molar-refractivity contribution is 5.39. The van der Waals surface area contributed by atoms with Crippen molar-refractivity contribution in [2.75, 3.05) is 13.2 Å². The number of aryl methyl sites for hydroxylation is 1. The Hall–Kier alpha value is -1.81. The Balaban J connectivity index is 2.43. The minimum atomic E-state index is 0.0534. The molecule has 1 heterocycles. The first-order valence-electron chi connectivity index (χ1n) is 7.27. The van der Waals surface area contributed by atoms with E-state index in [1.807, 2.05) is 37.5 Å². The fourth-order valence-electron chi connectivity index (χ4n) is 2.40. The Labute approximate surface area is 120 Å². The summed E-state index contributed by atoms with van der Waals surface area (Å²) in [5, 5.41) is 3.51. The molecule has 4 nitrogen and oxygen atoms in total. The molecule has 0 amide bonds. The van der Waals surface area contributed by atoms with Crippen molar-refractivity contribution in [1.82, 2.24) is 14.9 Å². The zero-order valence-electron chi connectivity index (χ0n) is 12.5. The van der Waals surface area contributed by atoms with Crippen LogP contribution in [0.3, 0.4) is 0 Å². The van der Waals surface area contributed by atoms with Crippen molar-refractivity contribution in [2.24, 2.45) is 0 Å². The van der Waals surface area contributed by atoms with Crippen LogP contribution in [0, 0.1) is 0 Å². The Morgan fingerprint density at radius 3 is 2.75 bits per heavy atom. The van der Waals surface area contributed by atoms with E-state index in [-0.39, 0.29) is 6.04 Å².